The lowest BCUT2D eigenvalue weighted by Crippen LogP contribution is -2.34. The van der Waals surface area contributed by atoms with Crippen molar-refractivity contribution in [2.45, 2.75) is 26.7 Å². The SMILES string of the molecule is CC(C)(CCCO)CNC(=O)c1cc(N)n[nH]1. The van der Waals surface area contributed by atoms with Crippen LogP contribution in [0.5, 0.6) is 0 Å². The van der Waals surface area contributed by atoms with Gasteiger partial charge < -0.3 is 16.2 Å². The van der Waals surface area contributed by atoms with Gasteiger partial charge in [0.05, 0.1) is 0 Å². The standard InChI is InChI=1S/C11H20N4O2/c1-11(2,4-3-5-16)7-13-10(17)8-6-9(12)15-14-8/h6,16H,3-5,7H2,1-2H3,(H,13,17)(H3,12,14,15). The molecule has 17 heavy (non-hydrogen) atoms. The summed E-state index contributed by atoms with van der Waals surface area (Å²) in [6.07, 6.45) is 1.59. The second-order valence-corrected chi connectivity index (χ2v) is 4.88. The van der Waals surface area contributed by atoms with Crippen molar-refractivity contribution in [3.63, 3.8) is 0 Å². The number of rotatable bonds is 6. The summed E-state index contributed by atoms with van der Waals surface area (Å²) in [5.41, 5.74) is 5.74. The molecule has 6 nitrogen and oxygen atoms in total. The van der Waals surface area contributed by atoms with Crippen molar-refractivity contribution in [1.29, 1.82) is 0 Å². The van der Waals surface area contributed by atoms with Crippen LogP contribution in [0.3, 0.4) is 0 Å². The molecule has 0 atom stereocenters. The molecule has 5 N–H and O–H groups in total. The fourth-order valence-corrected chi connectivity index (χ4v) is 1.51. The molecule has 6 heteroatoms. The quantitative estimate of drug-likeness (QED) is 0.582. The van der Waals surface area contributed by atoms with Gasteiger partial charge in [0.25, 0.3) is 5.91 Å². The summed E-state index contributed by atoms with van der Waals surface area (Å²) in [5, 5.41) is 17.8. The molecule has 0 saturated carbocycles. The smallest absolute Gasteiger partial charge is 0.269 e. The lowest BCUT2D eigenvalue weighted by Gasteiger charge is -2.24. The molecular weight excluding hydrogens is 220 g/mol. The van der Waals surface area contributed by atoms with Gasteiger partial charge in [-0.15, -0.1) is 0 Å². The van der Waals surface area contributed by atoms with Gasteiger partial charge in [-0.1, -0.05) is 13.8 Å². The first-order valence-electron chi connectivity index (χ1n) is 5.64. The van der Waals surface area contributed by atoms with E-state index in [1.54, 1.807) is 0 Å². The molecule has 0 aliphatic carbocycles. The molecule has 1 aromatic heterocycles. The van der Waals surface area contributed by atoms with Crippen molar-refractivity contribution in [1.82, 2.24) is 15.5 Å². The first-order chi connectivity index (χ1) is 7.94. The van der Waals surface area contributed by atoms with Gasteiger partial charge in [-0.05, 0) is 18.3 Å². The van der Waals surface area contributed by atoms with Crippen molar-refractivity contribution in [3.8, 4) is 0 Å². The number of hydrogen-bond acceptors (Lipinski definition) is 4. The van der Waals surface area contributed by atoms with Gasteiger partial charge in [-0.3, -0.25) is 9.89 Å². The van der Waals surface area contributed by atoms with E-state index in [0.29, 0.717) is 18.1 Å². The van der Waals surface area contributed by atoms with Crippen LogP contribution in [0.2, 0.25) is 0 Å². The molecule has 0 radical (unpaired) electrons. The van der Waals surface area contributed by atoms with Crippen LogP contribution in [-0.4, -0.2) is 34.4 Å². The van der Waals surface area contributed by atoms with Crippen molar-refractivity contribution in [2.24, 2.45) is 5.41 Å². The Labute approximate surface area is 101 Å². The summed E-state index contributed by atoms with van der Waals surface area (Å²) in [4.78, 5) is 11.7. The molecule has 0 saturated heterocycles. The molecule has 0 unspecified atom stereocenters. The van der Waals surface area contributed by atoms with Crippen LogP contribution >= 0.6 is 0 Å². The number of H-pyrrole nitrogens is 1. The number of aliphatic hydroxyl groups excluding tert-OH is 1. The fourth-order valence-electron chi connectivity index (χ4n) is 1.51. The predicted molar refractivity (Wildman–Crippen MR) is 65.4 cm³/mol. The lowest BCUT2D eigenvalue weighted by molar-refractivity contribution is 0.0928. The number of amides is 1. The number of nitrogens with one attached hydrogen (secondary N) is 2. The van der Waals surface area contributed by atoms with Crippen LogP contribution in [0.25, 0.3) is 0 Å². The van der Waals surface area contributed by atoms with Crippen LogP contribution in [0, 0.1) is 5.41 Å². The zero-order valence-electron chi connectivity index (χ0n) is 10.3. The Kier molecular flexibility index (Phi) is 4.51. The van der Waals surface area contributed by atoms with Gasteiger partial charge in [-0.2, -0.15) is 5.10 Å². The van der Waals surface area contributed by atoms with Crippen molar-refractivity contribution < 1.29 is 9.90 Å². The van der Waals surface area contributed by atoms with Gasteiger partial charge >= 0.3 is 0 Å². The second-order valence-electron chi connectivity index (χ2n) is 4.88. The number of nitrogens with two attached hydrogens (primary N) is 1. The molecule has 0 aromatic carbocycles. The number of aliphatic hydroxyl groups is 1. The maximum absolute atomic E-state index is 11.7. The molecule has 0 bridgehead atoms. The fraction of sp³-hybridized carbons (Fsp3) is 0.636. The number of carbonyl (C=O) groups excluding carboxylic acids is 1. The molecule has 1 aromatic rings. The average Bonchev–Trinajstić information content (AvgIpc) is 2.70. The average molecular weight is 240 g/mol. The third-order valence-electron chi connectivity index (χ3n) is 2.58. The van der Waals surface area contributed by atoms with Gasteiger partial charge in [0.2, 0.25) is 0 Å². The topological polar surface area (TPSA) is 104 Å². The molecule has 1 rings (SSSR count). The first kappa shape index (κ1) is 13.5. The summed E-state index contributed by atoms with van der Waals surface area (Å²) in [5.74, 6) is 0.0842. The minimum absolute atomic E-state index is 0.0377. The van der Waals surface area contributed by atoms with Gasteiger partial charge in [0, 0.05) is 19.2 Å². The summed E-state index contributed by atoms with van der Waals surface area (Å²) >= 11 is 0. The van der Waals surface area contributed by atoms with Gasteiger partial charge in [0.15, 0.2) is 0 Å². The van der Waals surface area contributed by atoms with E-state index in [4.69, 9.17) is 10.8 Å². The van der Waals surface area contributed by atoms with Crippen LogP contribution in [0.1, 0.15) is 37.2 Å². The highest BCUT2D eigenvalue weighted by molar-refractivity contribution is 5.92. The van der Waals surface area contributed by atoms with E-state index in [0.717, 1.165) is 12.8 Å². The lowest BCUT2D eigenvalue weighted by atomic mass is 9.88. The largest absolute Gasteiger partial charge is 0.396 e. The molecule has 0 fully saturated rings. The van der Waals surface area contributed by atoms with Gasteiger partial charge in [0.1, 0.15) is 11.5 Å². The highest BCUT2D eigenvalue weighted by atomic mass is 16.2. The van der Waals surface area contributed by atoms with E-state index in [1.807, 2.05) is 13.8 Å². The monoisotopic (exact) mass is 240 g/mol. The van der Waals surface area contributed by atoms with Crippen LogP contribution in [-0.2, 0) is 0 Å². The Morgan fingerprint density at radius 1 is 1.65 bits per heavy atom. The number of aromatic nitrogens is 2. The maximum Gasteiger partial charge on any atom is 0.269 e. The third kappa shape index (κ3) is 4.44. The van der Waals surface area contributed by atoms with E-state index >= 15 is 0 Å². The normalized spacial score (nSPS) is 11.5. The van der Waals surface area contributed by atoms with E-state index < -0.39 is 0 Å². The summed E-state index contributed by atoms with van der Waals surface area (Å²) < 4.78 is 0. The van der Waals surface area contributed by atoms with Gasteiger partial charge in [-0.25, -0.2) is 0 Å². The number of carbonyl (C=O) groups is 1. The number of aromatic amines is 1. The van der Waals surface area contributed by atoms with E-state index in [2.05, 4.69) is 15.5 Å². The Bertz CT molecular complexity index is 373. The molecule has 1 amide bonds. The first-order valence-corrected chi connectivity index (χ1v) is 5.64. The number of hydrogen-bond donors (Lipinski definition) is 4. The Balaban J connectivity index is 2.42. The summed E-state index contributed by atoms with van der Waals surface area (Å²) in [6.45, 7) is 4.81. The zero-order chi connectivity index (χ0) is 12.9. The maximum atomic E-state index is 11.7. The van der Waals surface area contributed by atoms with E-state index in [1.165, 1.54) is 6.07 Å². The molecule has 96 valence electrons. The highest BCUT2D eigenvalue weighted by Gasteiger charge is 2.19. The van der Waals surface area contributed by atoms with Crippen LogP contribution < -0.4 is 11.1 Å². The van der Waals surface area contributed by atoms with Crippen LogP contribution in [0.15, 0.2) is 6.07 Å². The Morgan fingerprint density at radius 2 is 2.35 bits per heavy atom. The minimum atomic E-state index is -0.216. The highest BCUT2D eigenvalue weighted by Crippen LogP contribution is 2.20. The zero-order valence-corrected chi connectivity index (χ0v) is 10.3. The van der Waals surface area contributed by atoms with Crippen LogP contribution in [0.4, 0.5) is 5.82 Å². The van der Waals surface area contributed by atoms with E-state index in [9.17, 15) is 4.79 Å². The predicted octanol–water partition coefficient (Wildman–Crippen LogP) is 0.520. The Hall–Kier alpha value is -1.56. The molecule has 0 spiro atoms. The van der Waals surface area contributed by atoms with E-state index in [-0.39, 0.29) is 17.9 Å². The molecule has 0 aliphatic rings. The number of anilines is 1. The molecule has 1 heterocycles. The summed E-state index contributed by atoms with van der Waals surface area (Å²) in [6, 6.07) is 1.50. The second kappa shape index (κ2) is 5.67. The third-order valence-corrected chi connectivity index (χ3v) is 2.58. The Morgan fingerprint density at radius 3 is 2.88 bits per heavy atom. The van der Waals surface area contributed by atoms with Crippen molar-refractivity contribution in [3.05, 3.63) is 11.8 Å². The number of nitrogens with zero attached hydrogens (tertiary/aromatic N) is 1. The minimum Gasteiger partial charge on any atom is -0.396 e. The number of nitrogen functional groups attached to an aromatic ring is 1. The summed E-state index contributed by atoms with van der Waals surface area (Å²) in [7, 11) is 0. The van der Waals surface area contributed by atoms with Crippen molar-refractivity contribution >= 4 is 11.7 Å². The molecule has 0 aliphatic heterocycles. The van der Waals surface area contributed by atoms with Crippen molar-refractivity contribution in [2.75, 3.05) is 18.9 Å². The molecular formula is C11H20N4O2.